The summed E-state index contributed by atoms with van der Waals surface area (Å²) in [6, 6.07) is 8.34. The van der Waals surface area contributed by atoms with Crippen molar-refractivity contribution in [2.45, 2.75) is 31.4 Å². The number of hydrogen-bond donors (Lipinski definition) is 1. The van der Waals surface area contributed by atoms with Crippen molar-refractivity contribution in [2.24, 2.45) is 16.1 Å². The summed E-state index contributed by atoms with van der Waals surface area (Å²) in [5.41, 5.74) is 7.41. The summed E-state index contributed by atoms with van der Waals surface area (Å²) in [5.74, 6) is 0.286. The molecule has 2 aliphatic carbocycles. The first-order chi connectivity index (χ1) is 8.71. The van der Waals surface area contributed by atoms with Gasteiger partial charge in [0, 0.05) is 6.42 Å². The number of benzene rings is 1. The number of carbonyl (C=O) groups is 1. The molecule has 1 aliphatic heterocycles. The fraction of sp³-hybridized carbons (Fsp3) is 0.429. The number of hydrogen-bond acceptors (Lipinski definition) is 3. The lowest BCUT2D eigenvalue weighted by Gasteiger charge is -2.13. The zero-order valence-electron chi connectivity index (χ0n) is 9.93. The summed E-state index contributed by atoms with van der Waals surface area (Å²) in [5, 5.41) is 0. The van der Waals surface area contributed by atoms with Gasteiger partial charge in [-0.25, -0.2) is 4.99 Å². The van der Waals surface area contributed by atoms with Crippen molar-refractivity contribution in [3.8, 4) is 0 Å². The third-order valence-electron chi connectivity index (χ3n) is 4.30. The van der Waals surface area contributed by atoms with Gasteiger partial charge in [-0.3, -0.25) is 4.79 Å². The lowest BCUT2D eigenvalue weighted by Crippen LogP contribution is -2.33. The number of primary amides is 1. The van der Waals surface area contributed by atoms with Gasteiger partial charge >= 0.3 is 0 Å². The maximum absolute atomic E-state index is 11.5. The Morgan fingerprint density at radius 2 is 2.17 bits per heavy atom. The number of nitrogens with zero attached hydrogens (tertiary/aromatic N) is 1. The predicted molar refractivity (Wildman–Crippen MR) is 66.1 cm³/mol. The average molecular weight is 242 g/mol. The topological polar surface area (TPSA) is 64.7 Å². The van der Waals surface area contributed by atoms with Gasteiger partial charge in [-0.2, -0.15) is 0 Å². The number of rotatable bonds is 2. The van der Waals surface area contributed by atoms with E-state index in [-0.39, 0.29) is 18.1 Å². The molecule has 1 amide bonds. The lowest BCUT2D eigenvalue weighted by molar-refractivity contribution is -0.121. The van der Waals surface area contributed by atoms with Crippen LogP contribution in [0.25, 0.3) is 0 Å². The summed E-state index contributed by atoms with van der Waals surface area (Å²) in [6.07, 6.45) is 2.50. The van der Waals surface area contributed by atoms with Crippen molar-refractivity contribution in [3.05, 3.63) is 35.4 Å². The Morgan fingerprint density at radius 3 is 2.89 bits per heavy atom. The summed E-state index contributed by atoms with van der Waals surface area (Å²) in [6.45, 7) is 0. The molecule has 1 saturated carbocycles. The van der Waals surface area contributed by atoms with Crippen LogP contribution in [0.5, 0.6) is 0 Å². The molecule has 0 radical (unpaired) electrons. The van der Waals surface area contributed by atoms with Crippen molar-refractivity contribution in [1.82, 2.24) is 0 Å². The molecule has 18 heavy (non-hydrogen) atoms. The van der Waals surface area contributed by atoms with Gasteiger partial charge in [-0.15, -0.1) is 0 Å². The van der Waals surface area contributed by atoms with E-state index in [4.69, 9.17) is 10.5 Å². The summed E-state index contributed by atoms with van der Waals surface area (Å²) >= 11 is 0. The molecule has 0 saturated heterocycles. The summed E-state index contributed by atoms with van der Waals surface area (Å²) < 4.78 is 5.91. The van der Waals surface area contributed by atoms with E-state index in [1.54, 1.807) is 0 Å². The maximum atomic E-state index is 11.5. The van der Waals surface area contributed by atoms with Gasteiger partial charge in [-0.05, 0) is 24.0 Å². The monoisotopic (exact) mass is 242 g/mol. The van der Waals surface area contributed by atoms with Crippen LogP contribution in [-0.2, 0) is 16.0 Å². The van der Waals surface area contributed by atoms with Crippen molar-refractivity contribution in [3.63, 3.8) is 0 Å². The van der Waals surface area contributed by atoms with Crippen molar-refractivity contribution in [2.75, 3.05) is 0 Å². The zero-order chi connectivity index (χ0) is 12.3. The molecule has 0 spiro atoms. The second-order valence-corrected chi connectivity index (χ2v) is 5.38. The van der Waals surface area contributed by atoms with Gasteiger partial charge in [0.1, 0.15) is 17.6 Å². The molecule has 2 N–H and O–H groups in total. The zero-order valence-corrected chi connectivity index (χ0v) is 9.93. The first-order valence-electron chi connectivity index (χ1n) is 6.33. The predicted octanol–water partition coefficient (Wildman–Crippen LogP) is 1.35. The van der Waals surface area contributed by atoms with Crippen LogP contribution in [0.1, 0.15) is 30.0 Å². The van der Waals surface area contributed by atoms with Gasteiger partial charge in [0.2, 0.25) is 5.91 Å². The molecule has 4 heteroatoms. The molecular formula is C14H14N2O2. The minimum absolute atomic E-state index is 0.0630. The Kier molecular flexibility index (Phi) is 1.76. The molecule has 2 atom stereocenters. The Hall–Kier alpha value is -1.84. The number of amides is 1. The maximum Gasteiger partial charge on any atom is 0.232 e. The molecule has 1 aromatic rings. The normalized spacial score (nSPS) is 30.1. The highest BCUT2D eigenvalue weighted by molar-refractivity contribution is 6.08. The van der Waals surface area contributed by atoms with Gasteiger partial charge in [0.05, 0.1) is 0 Å². The Bertz CT molecular complexity index is 575. The highest BCUT2D eigenvalue weighted by Gasteiger charge is 2.58. The highest BCUT2D eigenvalue weighted by Crippen LogP contribution is 2.52. The minimum atomic E-state index is -0.584. The molecule has 0 bridgehead atoms. The van der Waals surface area contributed by atoms with E-state index in [1.165, 1.54) is 11.1 Å². The van der Waals surface area contributed by atoms with Gasteiger partial charge in [-0.1, -0.05) is 24.3 Å². The molecule has 0 unspecified atom stereocenters. The van der Waals surface area contributed by atoms with E-state index in [0.717, 1.165) is 19.3 Å². The molecule has 1 aromatic carbocycles. The van der Waals surface area contributed by atoms with E-state index in [0.29, 0.717) is 5.90 Å². The van der Waals surface area contributed by atoms with Crippen molar-refractivity contribution < 1.29 is 9.53 Å². The van der Waals surface area contributed by atoms with Crippen LogP contribution >= 0.6 is 0 Å². The summed E-state index contributed by atoms with van der Waals surface area (Å²) in [4.78, 5) is 16.1. The van der Waals surface area contributed by atoms with Crippen LogP contribution in [-0.4, -0.2) is 17.9 Å². The lowest BCUT2D eigenvalue weighted by atomic mass is 10.1. The standard InChI is InChI=1S/C14H14N2O2/c15-12(17)14(5-6-14)13-16-11-9-4-2-1-3-8(9)7-10(11)18-13/h1-4,10-11H,5-7H2,(H2,15,17)/t10-,11+/m0/s1. The van der Waals surface area contributed by atoms with E-state index < -0.39 is 5.41 Å². The first-order valence-corrected chi connectivity index (χ1v) is 6.33. The molecule has 1 heterocycles. The Labute approximate surface area is 105 Å². The molecular weight excluding hydrogens is 228 g/mol. The minimum Gasteiger partial charge on any atom is -0.474 e. The van der Waals surface area contributed by atoms with E-state index in [1.807, 2.05) is 12.1 Å². The fourth-order valence-corrected chi connectivity index (χ4v) is 3.02. The third kappa shape index (κ3) is 1.15. The van der Waals surface area contributed by atoms with Gasteiger partial charge < -0.3 is 10.5 Å². The van der Waals surface area contributed by atoms with Crippen molar-refractivity contribution in [1.29, 1.82) is 0 Å². The van der Waals surface area contributed by atoms with Crippen LogP contribution in [0.2, 0.25) is 0 Å². The smallest absolute Gasteiger partial charge is 0.232 e. The molecule has 92 valence electrons. The largest absolute Gasteiger partial charge is 0.474 e. The SMILES string of the molecule is NC(=O)C1(C2=N[C@@H]3c4ccccc4C[C@@H]3O2)CC1. The summed E-state index contributed by atoms with van der Waals surface area (Å²) in [7, 11) is 0. The number of nitrogens with two attached hydrogens (primary N) is 1. The fourth-order valence-electron chi connectivity index (χ4n) is 3.02. The first kappa shape index (κ1) is 10.1. The van der Waals surface area contributed by atoms with Crippen LogP contribution in [0, 0.1) is 5.41 Å². The second-order valence-electron chi connectivity index (χ2n) is 5.38. The van der Waals surface area contributed by atoms with E-state index in [2.05, 4.69) is 17.1 Å². The van der Waals surface area contributed by atoms with Gasteiger partial charge in [0.15, 0.2) is 5.90 Å². The van der Waals surface area contributed by atoms with Gasteiger partial charge in [0.25, 0.3) is 0 Å². The van der Waals surface area contributed by atoms with E-state index >= 15 is 0 Å². The van der Waals surface area contributed by atoms with Crippen LogP contribution in [0.3, 0.4) is 0 Å². The highest BCUT2D eigenvalue weighted by atomic mass is 16.5. The number of aliphatic imine (C=N–C) groups is 1. The van der Waals surface area contributed by atoms with Crippen LogP contribution < -0.4 is 5.73 Å². The second kappa shape index (κ2) is 3.13. The molecule has 1 fully saturated rings. The molecule has 3 aliphatic rings. The Balaban J connectivity index is 1.72. The average Bonchev–Trinajstić information content (AvgIpc) is 2.96. The molecule has 0 aromatic heterocycles. The third-order valence-corrected chi connectivity index (χ3v) is 4.30. The van der Waals surface area contributed by atoms with Crippen LogP contribution in [0.4, 0.5) is 0 Å². The molecule has 4 nitrogen and oxygen atoms in total. The number of carbonyl (C=O) groups excluding carboxylic acids is 1. The van der Waals surface area contributed by atoms with Crippen molar-refractivity contribution >= 4 is 11.8 Å². The van der Waals surface area contributed by atoms with Crippen LogP contribution in [0.15, 0.2) is 29.3 Å². The molecule has 4 rings (SSSR count). The Morgan fingerprint density at radius 1 is 1.39 bits per heavy atom. The number of fused-ring (bicyclic) bond motifs is 3. The van der Waals surface area contributed by atoms with E-state index in [9.17, 15) is 4.79 Å². The quantitative estimate of drug-likeness (QED) is 0.850. The number of ether oxygens (including phenoxy) is 1.